The minimum absolute atomic E-state index is 0.191. The zero-order chi connectivity index (χ0) is 18.2. The molecule has 6 heteroatoms. The molecule has 136 valence electrons. The first kappa shape index (κ1) is 18.5. The molecule has 0 aliphatic carbocycles. The molecular weight excluding hydrogens is 348 g/mol. The Balaban J connectivity index is 1.63. The van der Waals surface area contributed by atoms with Gasteiger partial charge in [-0.3, -0.25) is 4.99 Å². The topological polar surface area (TPSA) is 70.9 Å². The van der Waals surface area contributed by atoms with Crippen LogP contribution in [0.1, 0.15) is 11.1 Å². The highest BCUT2D eigenvalue weighted by atomic mass is 32.2. The van der Waals surface area contributed by atoms with Crippen LogP contribution in [0.3, 0.4) is 0 Å². The highest BCUT2D eigenvalue weighted by molar-refractivity contribution is 8.14. The SMILES string of the molecule is O=C(N[C@@H](Cc1ccccc1)C(O)C1=NCCS1)OCc1ccccc1. The average Bonchev–Trinajstić information content (AvgIpc) is 3.22. The van der Waals surface area contributed by atoms with Crippen LogP contribution in [0.5, 0.6) is 0 Å². The molecule has 26 heavy (non-hydrogen) atoms. The number of hydrogen-bond donors (Lipinski definition) is 2. The highest BCUT2D eigenvalue weighted by Gasteiger charge is 2.28. The lowest BCUT2D eigenvalue weighted by molar-refractivity contribution is 0.122. The van der Waals surface area contributed by atoms with Crippen molar-refractivity contribution in [3.8, 4) is 0 Å². The van der Waals surface area contributed by atoms with Crippen molar-refractivity contribution in [1.29, 1.82) is 0 Å². The number of rotatable bonds is 7. The van der Waals surface area contributed by atoms with Crippen LogP contribution in [0.25, 0.3) is 0 Å². The number of alkyl carbamates (subject to hydrolysis) is 1. The number of ether oxygens (including phenoxy) is 1. The third-order valence-electron chi connectivity index (χ3n) is 4.06. The summed E-state index contributed by atoms with van der Waals surface area (Å²) < 4.78 is 5.30. The molecule has 2 atom stereocenters. The molecule has 0 spiro atoms. The van der Waals surface area contributed by atoms with Gasteiger partial charge in [0.05, 0.1) is 11.1 Å². The van der Waals surface area contributed by atoms with Gasteiger partial charge >= 0.3 is 6.09 Å². The molecule has 5 nitrogen and oxygen atoms in total. The third-order valence-corrected chi connectivity index (χ3v) is 5.11. The number of thioether (sulfide) groups is 1. The quantitative estimate of drug-likeness (QED) is 0.786. The van der Waals surface area contributed by atoms with Gasteiger partial charge < -0.3 is 15.2 Å². The molecule has 1 aliphatic heterocycles. The van der Waals surface area contributed by atoms with Crippen LogP contribution in [-0.4, -0.2) is 40.7 Å². The molecule has 0 radical (unpaired) electrons. The number of benzene rings is 2. The van der Waals surface area contributed by atoms with E-state index in [1.165, 1.54) is 11.8 Å². The first-order valence-electron chi connectivity index (χ1n) is 8.59. The Morgan fingerprint density at radius 2 is 1.77 bits per heavy atom. The van der Waals surface area contributed by atoms with E-state index in [2.05, 4.69) is 10.3 Å². The molecule has 0 bridgehead atoms. The predicted octanol–water partition coefficient (Wildman–Crippen LogP) is 3.03. The molecule has 0 aromatic heterocycles. The van der Waals surface area contributed by atoms with Crippen molar-refractivity contribution in [3.05, 3.63) is 71.8 Å². The van der Waals surface area contributed by atoms with Gasteiger partial charge in [-0.2, -0.15) is 0 Å². The summed E-state index contributed by atoms with van der Waals surface area (Å²) >= 11 is 1.53. The number of carbonyl (C=O) groups is 1. The molecule has 1 amide bonds. The van der Waals surface area contributed by atoms with E-state index in [0.29, 0.717) is 18.0 Å². The smallest absolute Gasteiger partial charge is 0.407 e. The lowest BCUT2D eigenvalue weighted by Gasteiger charge is -2.24. The number of nitrogens with one attached hydrogen (secondary N) is 1. The van der Waals surface area contributed by atoms with Gasteiger partial charge in [0, 0.05) is 12.3 Å². The van der Waals surface area contributed by atoms with Crippen molar-refractivity contribution in [2.45, 2.75) is 25.2 Å². The maximum absolute atomic E-state index is 12.2. The van der Waals surface area contributed by atoms with Crippen LogP contribution in [-0.2, 0) is 17.8 Å². The predicted molar refractivity (Wildman–Crippen MR) is 104 cm³/mol. The lowest BCUT2D eigenvalue weighted by atomic mass is 10.0. The van der Waals surface area contributed by atoms with Crippen LogP contribution in [0.15, 0.2) is 65.7 Å². The molecule has 2 aromatic rings. The second-order valence-electron chi connectivity index (χ2n) is 6.02. The number of hydrogen-bond acceptors (Lipinski definition) is 5. The fourth-order valence-electron chi connectivity index (χ4n) is 2.73. The van der Waals surface area contributed by atoms with Crippen molar-refractivity contribution < 1.29 is 14.6 Å². The molecule has 0 fully saturated rings. The molecule has 0 saturated heterocycles. The highest BCUT2D eigenvalue weighted by Crippen LogP contribution is 2.19. The Kier molecular flexibility index (Phi) is 6.68. The van der Waals surface area contributed by atoms with Gasteiger partial charge in [0.1, 0.15) is 12.7 Å². The van der Waals surface area contributed by atoms with E-state index in [-0.39, 0.29) is 6.61 Å². The van der Waals surface area contributed by atoms with Gasteiger partial charge in [-0.1, -0.05) is 60.7 Å². The van der Waals surface area contributed by atoms with E-state index in [1.54, 1.807) is 0 Å². The summed E-state index contributed by atoms with van der Waals surface area (Å²) in [7, 11) is 0. The standard InChI is InChI=1S/C20H22N2O3S/c23-18(19-21-11-12-26-19)17(13-15-7-3-1-4-8-15)22-20(24)25-14-16-9-5-2-6-10-16/h1-10,17-18,23H,11-14H2,(H,22,24)/t17-,18?/m0/s1. The van der Waals surface area contributed by atoms with Gasteiger partial charge in [0.15, 0.2) is 0 Å². The zero-order valence-electron chi connectivity index (χ0n) is 14.4. The molecule has 2 aromatic carbocycles. The second kappa shape index (κ2) is 9.40. The molecule has 1 unspecified atom stereocenters. The minimum Gasteiger partial charge on any atom is -0.445 e. The Bertz CT molecular complexity index is 737. The van der Waals surface area contributed by atoms with Crippen molar-refractivity contribution in [2.24, 2.45) is 4.99 Å². The summed E-state index contributed by atoms with van der Waals surface area (Å²) in [6.07, 6.45) is -0.883. The molecule has 3 rings (SSSR count). The number of aliphatic imine (C=N–C) groups is 1. The first-order valence-corrected chi connectivity index (χ1v) is 9.57. The fourth-order valence-corrected chi connectivity index (χ4v) is 3.64. The van der Waals surface area contributed by atoms with Crippen LogP contribution in [0.2, 0.25) is 0 Å². The second-order valence-corrected chi connectivity index (χ2v) is 7.13. The van der Waals surface area contributed by atoms with Gasteiger partial charge in [-0.05, 0) is 17.5 Å². The monoisotopic (exact) mass is 370 g/mol. The number of aliphatic hydroxyl groups is 1. The van der Waals surface area contributed by atoms with E-state index >= 15 is 0 Å². The van der Waals surface area contributed by atoms with Crippen LogP contribution < -0.4 is 5.32 Å². The van der Waals surface area contributed by atoms with Crippen molar-refractivity contribution in [1.82, 2.24) is 5.32 Å². The van der Waals surface area contributed by atoms with Crippen LogP contribution >= 0.6 is 11.8 Å². The van der Waals surface area contributed by atoms with E-state index < -0.39 is 18.2 Å². The van der Waals surface area contributed by atoms with Gasteiger partial charge in [-0.15, -0.1) is 11.8 Å². The maximum atomic E-state index is 12.2. The normalized spacial score (nSPS) is 15.8. The summed E-state index contributed by atoms with van der Waals surface area (Å²) in [5.74, 6) is 0.864. The molecule has 1 heterocycles. The molecule has 1 aliphatic rings. The Labute approximate surface area is 157 Å². The summed E-state index contributed by atoms with van der Waals surface area (Å²) in [5, 5.41) is 14.2. The summed E-state index contributed by atoms with van der Waals surface area (Å²) in [5.41, 5.74) is 1.95. The van der Waals surface area contributed by atoms with Gasteiger partial charge in [-0.25, -0.2) is 4.79 Å². The van der Waals surface area contributed by atoms with E-state index in [4.69, 9.17) is 4.74 Å². The Morgan fingerprint density at radius 1 is 1.12 bits per heavy atom. The summed E-state index contributed by atoms with van der Waals surface area (Å²) in [4.78, 5) is 16.6. The molecular formula is C20H22N2O3S. The van der Waals surface area contributed by atoms with E-state index in [0.717, 1.165) is 16.9 Å². The number of amides is 1. The Morgan fingerprint density at radius 3 is 2.38 bits per heavy atom. The fraction of sp³-hybridized carbons (Fsp3) is 0.300. The summed E-state index contributed by atoms with van der Waals surface area (Å²) in [6.45, 7) is 0.893. The van der Waals surface area contributed by atoms with Crippen molar-refractivity contribution in [2.75, 3.05) is 12.3 Å². The first-order chi connectivity index (χ1) is 12.7. The van der Waals surface area contributed by atoms with Crippen LogP contribution in [0.4, 0.5) is 4.79 Å². The van der Waals surface area contributed by atoms with Crippen molar-refractivity contribution in [3.63, 3.8) is 0 Å². The average molecular weight is 370 g/mol. The van der Waals surface area contributed by atoms with E-state index in [9.17, 15) is 9.90 Å². The van der Waals surface area contributed by atoms with E-state index in [1.807, 2.05) is 60.7 Å². The lowest BCUT2D eigenvalue weighted by Crippen LogP contribution is -2.47. The van der Waals surface area contributed by atoms with Crippen molar-refractivity contribution >= 4 is 22.9 Å². The minimum atomic E-state index is -0.841. The van der Waals surface area contributed by atoms with Gasteiger partial charge in [0.25, 0.3) is 0 Å². The van der Waals surface area contributed by atoms with Crippen LogP contribution in [0, 0.1) is 0 Å². The molecule has 2 N–H and O–H groups in total. The third kappa shape index (κ3) is 5.34. The largest absolute Gasteiger partial charge is 0.445 e. The van der Waals surface area contributed by atoms with Gasteiger partial charge in [0.2, 0.25) is 0 Å². The number of nitrogens with zero attached hydrogens (tertiary/aromatic N) is 1. The maximum Gasteiger partial charge on any atom is 0.407 e. The molecule has 0 saturated carbocycles. The Hall–Kier alpha value is -2.31. The number of carbonyl (C=O) groups excluding carboxylic acids is 1. The zero-order valence-corrected chi connectivity index (χ0v) is 15.2. The number of aliphatic hydroxyl groups excluding tert-OH is 1. The summed E-state index contributed by atoms with van der Waals surface area (Å²) in [6, 6.07) is 18.8.